The van der Waals surface area contributed by atoms with Crippen LogP contribution >= 0.6 is 0 Å². The number of carbonyl (C=O) groups is 2. The van der Waals surface area contributed by atoms with Gasteiger partial charge in [-0.2, -0.15) is 0 Å². The van der Waals surface area contributed by atoms with Crippen LogP contribution in [-0.4, -0.2) is 47.7 Å². The quantitative estimate of drug-likeness (QED) is 0.460. The number of para-hydroxylation sites is 2. The van der Waals surface area contributed by atoms with Gasteiger partial charge in [-0.25, -0.2) is 0 Å². The van der Waals surface area contributed by atoms with E-state index in [1.54, 1.807) is 11.8 Å². The summed E-state index contributed by atoms with van der Waals surface area (Å²) in [6, 6.07) is 16.0. The predicted molar refractivity (Wildman–Crippen MR) is 142 cm³/mol. The van der Waals surface area contributed by atoms with Gasteiger partial charge in [0, 0.05) is 13.0 Å². The van der Waals surface area contributed by atoms with Gasteiger partial charge >= 0.3 is 0 Å². The first-order chi connectivity index (χ1) is 17.3. The number of likely N-dealkylation sites (tertiary alicyclic amines) is 1. The van der Waals surface area contributed by atoms with Crippen LogP contribution in [0.4, 0.5) is 0 Å². The molecule has 0 aromatic heterocycles. The van der Waals surface area contributed by atoms with Gasteiger partial charge in [0.05, 0.1) is 6.04 Å². The number of amides is 2. The van der Waals surface area contributed by atoms with Crippen molar-refractivity contribution in [3.8, 4) is 11.5 Å². The smallest absolute Gasteiger partial charge is 0.248 e. The average molecular weight is 494 g/mol. The lowest BCUT2D eigenvalue weighted by molar-refractivity contribution is -0.148. The zero-order chi connectivity index (χ0) is 26.1. The lowest BCUT2D eigenvalue weighted by Crippen LogP contribution is -2.59. The van der Waals surface area contributed by atoms with Crippen molar-refractivity contribution in [1.29, 1.82) is 0 Å². The molecule has 1 heterocycles. The van der Waals surface area contributed by atoms with Gasteiger partial charge in [-0.1, -0.05) is 57.2 Å². The lowest BCUT2D eigenvalue weighted by Gasteiger charge is -2.39. The van der Waals surface area contributed by atoms with Crippen molar-refractivity contribution >= 4 is 11.8 Å². The van der Waals surface area contributed by atoms with Crippen LogP contribution in [0.25, 0.3) is 0 Å². The number of hydrogen-bond acceptors (Lipinski definition) is 5. The molecule has 7 nitrogen and oxygen atoms in total. The molecule has 0 unspecified atom stereocenters. The van der Waals surface area contributed by atoms with E-state index in [1.165, 1.54) is 0 Å². The van der Waals surface area contributed by atoms with Gasteiger partial charge in [0.15, 0.2) is 0 Å². The summed E-state index contributed by atoms with van der Waals surface area (Å²) in [6.45, 7) is 8.39. The normalized spacial score (nSPS) is 19.3. The van der Waals surface area contributed by atoms with Crippen molar-refractivity contribution in [2.24, 2.45) is 11.7 Å². The Morgan fingerprint density at radius 1 is 1.11 bits per heavy atom. The molecule has 1 aliphatic rings. The molecule has 0 aliphatic carbocycles. The Morgan fingerprint density at radius 3 is 2.47 bits per heavy atom. The highest BCUT2D eigenvalue weighted by Crippen LogP contribution is 2.35. The largest absolute Gasteiger partial charge is 0.489 e. The number of ether oxygens (including phenoxy) is 2. The van der Waals surface area contributed by atoms with E-state index < -0.39 is 17.8 Å². The Morgan fingerprint density at radius 2 is 1.81 bits per heavy atom. The van der Waals surface area contributed by atoms with Crippen LogP contribution in [0.3, 0.4) is 0 Å². The molecule has 1 fully saturated rings. The van der Waals surface area contributed by atoms with Crippen molar-refractivity contribution in [3.05, 3.63) is 72.3 Å². The zero-order valence-corrected chi connectivity index (χ0v) is 21.8. The molecule has 2 amide bonds. The molecule has 2 aromatic rings. The molecule has 3 atom stereocenters. The third-order valence-electron chi connectivity index (χ3n) is 6.39. The van der Waals surface area contributed by atoms with Gasteiger partial charge in [0.2, 0.25) is 17.5 Å². The number of hydrogen-bond donors (Lipinski definition) is 2. The zero-order valence-electron chi connectivity index (χ0n) is 21.8. The first kappa shape index (κ1) is 27.3. The summed E-state index contributed by atoms with van der Waals surface area (Å²) >= 11 is 0. The predicted octanol–water partition coefficient (Wildman–Crippen LogP) is 4.07. The average Bonchev–Trinajstić information content (AvgIpc) is 3.28. The number of nitrogens with one attached hydrogen (secondary N) is 1. The Bertz CT molecular complexity index is 1040. The van der Waals surface area contributed by atoms with E-state index in [4.69, 9.17) is 15.2 Å². The van der Waals surface area contributed by atoms with E-state index >= 15 is 0 Å². The van der Waals surface area contributed by atoms with Gasteiger partial charge in [0.1, 0.15) is 24.1 Å². The van der Waals surface area contributed by atoms with Crippen LogP contribution < -0.4 is 20.5 Å². The van der Waals surface area contributed by atoms with Crippen LogP contribution in [-0.2, 0) is 16.0 Å². The Balaban J connectivity index is 1.86. The summed E-state index contributed by atoms with van der Waals surface area (Å²) in [5, 5.41) is 2.84. The topological polar surface area (TPSA) is 93.9 Å². The number of nitrogens with zero attached hydrogens (tertiary/aromatic N) is 1. The van der Waals surface area contributed by atoms with Crippen molar-refractivity contribution in [1.82, 2.24) is 10.2 Å². The molecule has 3 N–H and O–H groups in total. The summed E-state index contributed by atoms with van der Waals surface area (Å²) in [5.41, 5.74) is 5.91. The minimum absolute atomic E-state index is 0.118. The van der Waals surface area contributed by atoms with E-state index in [2.05, 4.69) is 18.3 Å². The summed E-state index contributed by atoms with van der Waals surface area (Å²) in [7, 11) is 0. The van der Waals surface area contributed by atoms with Gasteiger partial charge in [-0.3, -0.25) is 14.5 Å². The Hall–Kier alpha value is -3.32. The molecule has 36 heavy (non-hydrogen) atoms. The first-order valence-corrected chi connectivity index (χ1v) is 12.8. The van der Waals surface area contributed by atoms with Gasteiger partial charge in [-0.05, 0) is 61.6 Å². The van der Waals surface area contributed by atoms with E-state index in [0.717, 1.165) is 24.2 Å². The maximum Gasteiger partial charge on any atom is 0.248 e. The molecule has 1 saturated heterocycles. The van der Waals surface area contributed by atoms with Crippen molar-refractivity contribution in [2.75, 3.05) is 13.2 Å². The highest BCUT2D eigenvalue weighted by molar-refractivity contribution is 5.90. The molecule has 194 valence electrons. The molecular weight excluding hydrogens is 454 g/mol. The van der Waals surface area contributed by atoms with E-state index in [9.17, 15) is 9.59 Å². The highest BCUT2D eigenvalue weighted by atomic mass is 16.5. The van der Waals surface area contributed by atoms with E-state index in [1.807, 2.05) is 74.5 Å². The third kappa shape index (κ3) is 6.66. The number of carbonyl (C=O) groups excluding carboxylic acids is 2. The van der Waals surface area contributed by atoms with Crippen LogP contribution in [0.15, 0.2) is 66.7 Å². The monoisotopic (exact) mass is 493 g/mol. The molecule has 0 bridgehead atoms. The molecule has 0 saturated carbocycles. The molecule has 1 aliphatic heterocycles. The van der Waals surface area contributed by atoms with Crippen LogP contribution in [0.1, 0.15) is 46.1 Å². The van der Waals surface area contributed by atoms with Crippen LogP contribution in [0.2, 0.25) is 0 Å². The molecule has 0 spiro atoms. The van der Waals surface area contributed by atoms with Gasteiger partial charge < -0.3 is 20.5 Å². The SMILES string of the molecule is CCc1ccccc1OC/C=C/[C@@]1(Oc2ccccc2)CCCN1C(=O)[C@@H](NC(=O)[C@H](C)N)C(C)C. The summed E-state index contributed by atoms with van der Waals surface area (Å²) in [6.07, 6.45) is 6.11. The van der Waals surface area contributed by atoms with Crippen LogP contribution in [0.5, 0.6) is 11.5 Å². The standard InChI is InChI=1S/C29H39N3O4/c1-5-23-13-9-10-16-25(23)35-20-12-18-29(36-24-14-7-6-8-15-24)17-11-19-32(29)28(34)26(21(2)3)31-27(33)22(4)30/h6-10,12-16,18,21-22,26H,5,11,17,19-20,30H2,1-4H3,(H,31,33)/b18-12+/t22-,26-,29-/m0/s1. The second-order valence-electron chi connectivity index (χ2n) is 9.55. The summed E-state index contributed by atoms with van der Waals surface area (Å²) < 4.78 is 12.5. The van der Waals surface area contributed by atoms with Crippen molar-refractivity contribution in [2.45, 2.75) is 64.8 Å². The number of aryl methyl sites for hydroxylation is 1. The molecule has 7 heteroatoms. The van der Waals surface area contributed by atoms with Crippen molar-refractivity contribution < 1.29 is 19.1 Å². The summed E-state index contributed by atoms with van der Waals surface area (Å²) in [4.78, 5) is 27.9. The summed E-state index contributed by atoms with van der Waals surface area (Å²) in [5.74, 6) is 0.858. The van der Waals surface area contributed by atoms with Crippen molar-refractivity contribution in [3.63, 3.8) is 0 Å². The number of rotatable bonds is 11. The van der Waals surface area contributed by atoms with Gasteiger partial charge in [-0.15, -0.1) is 0 Å². The van der Waals surface area contributed by atoms with Crippen LogP contribution in [0, 0.1) is 5.92 Å². The first-order valence-electron chi connectivity index (χ1n) is 12.8. The highest BCUT2D eigenvalue weighted by Gasteiger charge is 2.46. The Kier molecular flexibility index (Phi) is 9.53. The fourth-order valence-corrected chi connectivity index (χ4v) is 4.39. The number of benzene rings is 2. The molecule has 0 radical (unpaired) electrons. The minimum atomic E-state index is -0.988. The number of nitrogens with two attached hydrogens (primary N) is 1. The maximum absolute atomic E-state index is 13.8. The second kappa shape index (κ2) is 12.6. The molecular formula is C29H39N3O4. The fraction of sp³-hybridized carbons (Fsp3) is 0.448. The maximum atomic E-state index is 13.8. The van der Waals surface area contributed by atoms with Gasteiger partial charge in [0.25, 0.3) is 0 Å². The molecule has 2 aromatic carbocycles. The second-order valence-corrected chi connectivity index (χ2v) is 9.55. The third-order valence-corrected chi connectivity index (χ3v) is 6.39. The lowest BCUT2D eigenvalue weighted by atomic mass is 10.0. The van der Waals surface area contributed by atoms with E-state index in [-0.39, 0.29) is 17.7 Å². The van der Waals surface area contributed by atoms with E-state index in [0.29, 0.717) is 25.3 Å². The minimum Gasteiger partial charge on any atom is -0.489 e. The Labute approximate surface area is 214 Å². The fourth-order valence-electron chi connectivity index (χ4n) is 4.39. The molecule has 3 rings (SSSR count).